The Bertz CT molecular complexity index is 877. The number of hydrogen-bond donors (Lipinski definition) is 1. The summed E-state index contributed by atoms with van der Waals surface area (Å²) in [5.41, 5.74) is 1.82. The molecule has 1 amide bonds. The molecule has 3 heterocycles. The minimum absolute atomic E-state index is 0.0319. The van der Waals surface area contributed by atoms with E-state index in [2.05, 4.69) is 20.2 Å². The fraction of sp³-hybridized carbons (Fsp3) is 0.235. The van der Waals surface area contributed by atoms with E-state index in [-0.39, 0.29) is 17.6 Å². The first-order valence-corrected chi connectivity index (χ1v) is 8.48. The zero-order valence-corrected chi connectivity index (χ0v) is 13.6. The van der Waals surface area contributed by atoms with Crippen LogP contribution in [0.4, 0.5) is 9.52 Å². The third kappa shape index (κ3) is 2.94. The third-order valence-electron chi connectivity index (χ3n) is 4.08. The summed E-state index contributed by atoms with van der Waals surface area (Å²) in [5, 5.41) is 3.79. The highest BCUT2D eigenvalue weighted by Crippen LogP contribution is 2.33. The van der Waals surface area contributed by atoms with Gasteiger partial charge in [0.05, 0.1) is 16.1 Å². The number of hydrogen-bond acceptors (Lipinski definition) is 5. The van der Waals surface area contributed by atoms with E-state index >= 15 is 0 Å². The smallest absolute Gasteiger partial charge is 0.226 e. The molecule has 0 unspecified atom stereocenters. The first-order valence-electron chi connectivity index (χ1n) is 7.67. The van der Waals surface area contributed by atoms with Gasteiger partial charge < -0.3 is 10.2 Å². The average molecular weight is 342 g/mol. The van der Waals surface area contributed by atoms with Crippen molar-refractivity contribution in [2.75, 3.05) is 18.0 Å². The summed E-state index contributed by atoms with van der Waals surface area (Å²) in [7, 11) is 0. The Kier molecular flexibility index (Phi) is 3.86. The fourth-order valence-electron chi connectivity index (χ4n) is 2.66. The van der Waals surface area contributed by atoms with Gasteiger partial charge >= 0.3 is 0 Å². The Labute approximate surface area is 142 Å². The summed E-state index contributed by atoms with van der Waals surface area (Å²) in [5.74, 6) is -0.236. The van der Waals surface area contributed by atoms with Crippen molar-refractivity contribution in [1.29, 1.82) is 0 Å². The van der Waals surface area contributed by atoms with Gasteiger partial charge in [-0.15, -0.1) is 0 Å². The third-order valence-corrected chi connectivity index (χ3v) is 5.16. The number of carbonyl (C=O) groups excluding carboxylic acids is 1. The number of pyridine rings is 1. The first-order chi connectivity index (χ1) is 11.7. The molecule has 122 valence electrons. The zero-order chi connectivity index (χ0) is 16.5. The molecule has 0 bridgehead atoms. The van der Waals surface area contributed by atoms with Gasteiger partial charge in [0.25, 0.3) is 0 Å². The van der Waals surface area contributed by atoms with Gasteiger partial charge in [-0.05, 0) is 35.9 Å². The number of thiazole rings is 1. The van der Waals surface area contributed by atoms with Crippen LogP contribution in [0.1, 0.15) is 5.56 Å². The van der Waals surface area contributed by atoms with Crippen molar-refractivity contribution in [2.24, 2.45) is 5.92 Å². The summed E-state index contributed by atoms with van der Waals surface area (Å²) in [6, 6.07) is 8.36. The minimum atomic E-state index is -0.255. The highest BCUT2D eigenvalue weighted by atomic mass is 32.1. The zero-order valence-electron chi connectivity index (χ0n) is 12.8. The lowest BCUT2D eigenvalue weighted by Crippen LogP contribution is -2.53. The molecule has 1 aromatic carbocycles. The maximum Gasteiger partial charge on any atom is 0.226 e. The van der Waals surface area contributed by atoms with Crippen molar-refractivity contribution in [3.8, 4) is 0 Å². The number of carbonyl (C=O) groups is 1. The van der Waals surface area contributed by atoms with E-state index in [1.807, 2.05) is 12.1 Å². The second-order valence-corrected chi connectivity index (χ2v) is 6.79. The second-order valence-electron chi connectivity index (χ2n) is 5.78. The molecule has 4 rings (SSSR count). The standard InChI is InChI=1S/C17H15FN4OS/c18-13-1-2-14-15(7-13)24-17(21-14)22-9-12(10-22)16(23)20-8-11-3-5-19-6-4-11/h1-7,12H,8-10H2,(H,20,23). The van der Waals surface area contributed by atoms with E-state index in [0.29, 0.717) is 19.6 Å². The van der Waals surface area contributed by atoms with Gasteiger partial charge in [-0.2, -0.15) is 0 Å². The number of rotatable bonds is 4. The number of amides is 1. The number of nitrogens with zero attached hydrogens (tertiary/aromatic N) is 3. The molecule has 0 aliphatic carbocycles. The summed E-state index contributed by atoms with van der Waals surface area (Å²) in [6.45, 7) is 1.80. The number of fused-ring (bicyclic) bond motifs is 1. The molecule has 5 nitrogen and oxygen atoms in total. The predicted octanol–water partition coefficient (Wildman–Crippen LogP) is 2.58. The van der Waals surface area contributed by atoms with Crippen molar-refractivity contribution < 1.29 is 9.18 Å². The molecule has 1 N–H and O–H groups in total. The van der Waals surface area contributed by atoms with Crippen LogP contribution in [0.2, 0.25) is 0 Å². The normalized spacial score (nSPS) is 14.6. The highest BCUT2D eigenvalue weighted by molar-refractivity contribution is 7.22. The van der Waals surface area contributed by atoms with Crippen molar-refractivity contribution in [3.05, 3.63) is 54.1 Å². The lowest BCUT2D eigenvalue weighted by Gasteiger charge is -2.37. The average Bonchev–Trinajstić information content (AvgIpc) is 2.95. The van der Waals surface area contributed by atoms with Crippen LogP contribution in [-0.4, -0.2) is 29.0 Å². The van der Waals surface area contributed by atoms with Crippen molar-refractivity contribution in [2.45, 2.75) is 6.54 Å². The molecule has 2 aromatic heterocycles. The molecule has 0 radical (unpaired) electrons. The SMILES string of the molecule is O=C(NCc1ccncc1)C1CN(c2nc3ccc(F)cc3s2)C1. The Morgan fingerprint density at radius 1 is 1.29 bits per heavy atom. The molecule has 1 fully saturated rings. The monoisotopic (exact) mass is 342 g/mol. The number of halogens is 1. The maximum atomic E-state index is 13.2. The Morgan fingerprint density at radius 2 is 2.08 bits per heavy atom. The summed E-state index contributed by atoms with van der Waals surface area (Å²) >= 11 is 1.46. The van der Waals surface area contributed by atoms with Crippen LogP contribution < -0.4 is 10.2 Å². The number of benzene rings is 1. The van der Waals surface area contributed by atoms with E-state index in [4.69, 9.17) is 0 Å². The highest BCUT2D eigenvalue weighted by Gasteiger charge is 2.34. The quantitative estimate of drug-likeness (QED) is 0.792. The predicted molar refractivity (Wildman–Crippen MR) is 91.4 cm³/mol. The lowest BCUT2D eigenvalue weighted by molar-refractivity contribution is -0.125. The van der Waals surface area contributed by atoms with E-state index in [1.54, 1.807) is 18.5 Å². The summed E-state index contributed by atoms with van der Waals surface area (Å²) in [6.07, 6.45) is 3.42. The molecule has 7 heteroatoms. The summed E-state index contributed by atoms with van der Waals surface area (Å²) in [4.78, 5) is 22.7. The molecule has 1 saturated heterocycles. The maximum absolute atomic E-state index is 13.2. The molecule has 0 spiro atoms. The van der Waals surface area contributed by atoms with Crippen LogP contribution in [0.3, 0.4) is 0 Å². The van der Waals surface area contributed by atoms with Gasteiger partial charge in [-0.3, -0.25) is 9.78 Å². The number of anilines is 1. The molecule has 1 aliphatic heterocycles. The van der Waals surface area contributed by atoms with Gasteiger partial charge in [0.2, 0.25) is 5.91 Å². The van der Waals surface area contributed by atoms with Gasteiger partial charge in [0, 0.05) is 32.0 Å². The second kappa shape index (κ2) is 6.16. The van der Waals surface area contributed by atoms with Crippen molar-refractivity contribution in [3.63, 3.8) is 0 Å². The topological polar surface area (TPSA) is 58.1 Å². The van der Waals surface area contributed by atoms with Gasteiger partial charge in [0.15, 0.2) is 5.13 Å². The Balaban J connectivity index is 1.34. The van der Waals surface area contributed by atoms with Crippen LogP contribution in [0.25, 0.3) is 10.2 Å². The van der Waals surface area contributed by atoms with Crippen LogP contribution in [0.15, 0.2) is 42.7 Å². The molecule has 1 aliphatic rings. The Hall–Kier alpha value is -2.54. The number of nitrogens with one attached hydrogen (secondary N) is 1. The largest absolute Gasteiger partial charge is 0.352 e. The van der Waals surface area contributed by atoms with Gasteiger partial charge in [-0.25, -0.2) is 9.37 Å². The molecule has 3 aromatic rings. The van der Waals surface area contributed by atoms with Gasteiger partial charge in [0.1, 0.15) is 5.82 Å². The lowest BCUT2D eigenvalue weighted by atomic mass is 10.00. The summed E-state index contributed by atoms with van der Waals surface area (Å²) < 4.78 is 14.1. The van der Waals surface area contributed by atoms with E-state index in [0.717, 1.165) is 20.9 Å². The van der Waals surface area contributed by atoms with E-state index in [9.17, 15) is 9.18 Å². The molecular formula is C17H15FN4OS. The van der Waals surface area contributed by atoms with E-state index in [1.165, 1.54) is 23.5 Å². The van der Waals surface area contributed by atoms with E-state index < -0.39 is 0 Å². The molecule has 0 atom stereocenters. The molecule has 0 saturated carbocycles. The fourth-order valence-corrected chi connectivity index (χ4v) is 3.66. The van der Waals surface area contributed by atoms with Crippen LogP contribution in [-0.2, 0) is 11.3 Å². The first kappa shape index (κ1) is 15.0. The molecule has 24 heavy (non-hydrogen) atoms. The molecular weight excluding hydrogens is 327 g/mol. The van der Waals surface area contributed by atoms with Crippen LogP contribution in [0.5, 0.6) is 0 Å². The Morgan fingerprint density at radius 3 is 2.88 bits per heavy atom. The van der Waals surface area contributed by atoms with Crippen LogP contribution in [0, 0.1) is 11.7 Å². The van der Waals surface area contributed by atoms with Crippen molar-refractivity contribution in [1.82, 2.24) is 15.3 Å². The number of aromatic nitrogens is 2. The van der Waals surface area contributed by atoms with Crippen molar-refractivity contribution >= 4 is 32.6 Å². The van der Waals surface area contributed by atoms with Crippen LogP contribution >= 0.6 is 11.3 Å². The van der Waals surface area contributed by atoms with Gasteiger partial charge in [-0.1, -0.05) is 11.3 Å². The minimum Gasteiger partial charge on any atom is -0.352 e.